The summed E-state index contributed by atoms with van der Waals surface area (Å²) >= 11 is 0. The first-order valence-electron chi connectivity index (χ1n) is 6.40. The van der Waals surface area contributed by atoms with Crippen LogP contribution in [0.5, 0.6) is 0 Å². The molecule has 0 aromatic heterocycles. The Morgan fingerprint density at radius 1 is 1.35 bits per heavy atom. The van der Waals surface area contributed by atoms with Crippen LogP contribution >= 0.6 is 0 Å². The van der Waals surface area contributed by atoms with Gasteiger partial charge in [-0.15, -0.1) is 0 Å². The van der Waals surface area contributed by atoms with E-state index in [0.717, 1.165) is 23.9 Å². The topological polar surface area (TPSA) is 27.0 Å². The first-order chi connectivity index (χ1) is 8.19. The van der Waals surface area contributed by atoms with Gasteiger partial charge < -0.3 is 0 Å². The average molecular weight is 228 g/mol. The third-order valence-corrected chi connectivity index (χ3v) is 3.88. The fraction of sp³-hybridized carbons (Fsp3) is 0.533. The first kappa shape index (κ1) is 12.1. The largest absolute Gasteiger partial charge is 0.299 e. The second-order valence-corrected chi connectivity index (χ2v) is 5.29. The van der Waals surface area contributed by atoms with Gasteiger partial charge in [0.2, 0.25) is 0 Å². The molecule has 0 radical (unpaired) electrons. The van der Waals surface area contributed by atoms with Crippen molar-refractivity contribution in [2.24, 2.45) is 11.8 Å². The summed E-state index contributed by atoms with van der Waals surface area (Å²) in [5.74, 6) is 1.62. The normalized spacial score (nSPS) is 25.5. The highest BCUT2D eigenvalue weighted by Gasteiger charge is 2.22. The van der Waals surface area contributed by atoms with E-state index in [1.54, 1.807) is 0 Å². The Labute approximate surface area is 104 Å². The van der Waals surface area contributed by atoms with E-state index in [1.165, 1.54) is 25.1 Å². The van der Waals surface area contributed by atoms with Crippen LogP contribution in [0.1, 0.15) is 31.4 Å². The van der Waals surface area contributed by atoms with E-state index in [-0.39, 0.29) is 0 Å². The minimum absolute atomic E-state index is 0.765. The van der Waals surface area contributed by atoms with Crippen LogP contribution in [0.25, 0.3) is 0 Å². The molecule has 0 bridgehead atoms. The van der Waals surface area contributed by atoms with Gasteiger partial charge in [-0.1, -0.05) is 26.0 Å². The van der Waals surface area contributed by atoms with E-state index in [4.69, 9.17) is 5.26 Å². The molecule has 2 nitrogen and oxygen atoms in total. The van der Waals surface area contributed by atoms with E-state index < -0.39 is 0 Å². The van der Waals surface area contributed by atoms with Crippen molar-refractivity contribution >= 4 is 0 Å². The highest BCUT2D eigenvalue weighted by Crippen LogP contribution is 2.23. The number of nitriles is 1. The lowest BCUT2D eigenvalue weighted by Crippen LogP contribution is -2.37. The second kappa shape index (κ2) is 5.33. The van der Waals surface area contributed by atoms with Gasteiger partial charge in [0.05, 0.1) is 11.6 Å². The summed E-state index contributed by atoms with van der Waals surface area (Å²) in [6.45, 7) is 8.02. The van der Waals surface area contributed by atoms with Crippen LogP contribution in [0.4, 0.5) is 0 Å². The number of hydrogen-bond donors (Lipinski definition) is 0. The number of nitrogens with zero attached hydrogens (tertiary/aromatic N) is 2. The van der Waals surface area contributed by atoms with Crippen molar-refractivity contribution in [2.45, 2.75) is 26.8 Å². The van der Waals surface area contributed by atoms with Crippen LogP contribution in [-0.2, 0) is 6.54 Å². The Kier molecular flexibility index (Phi) is 3.81. The minimum atomic E-state index is 0.765. The molecule has 2 rings (SSSR count). The molecule has 1 aliphatic rings. The van der Waals surface area contributed by atoms with Gasteiger partial charge in [-0.2, -0.15) is 5.26 Å². The maximum Gasteiger partial charge on any atom is 0.0991 e. The van der Waals surface area contributed by atoms with E-state index in [1.807, 2.05) is 18.2 Å². The molecule has 2 unspecified atom stereocenters. The summed E-state index contributed by atoms with van der Waals surface area (Å²) in [6.07, 6.45) is 1.29. The van der Waals surface area contributed by atoms with E-state index in [9.17, 15) is 0 Å². The summed E-state index contributed by atoms with van der Waals surface area (Å²) in [4.78, 5) is 2.50. The molecule has 1 fully saturated rings. The van der Waals surface area contributed by atoms with Crippen molar-refractivity contribution < 1.29 is 0 Å². The van der Waals surface area contributed by atoms with Gasteiger partial charge in [-0.25, -0.2) is 0 Å². The standard InChI is InChI=1S/C15H20N2/c1-12-6-7-17(10-13(12)2)11-15-5-3-4-14(8-15)9-16/h3-5,8,12-13H,6-7,10-11H2,1-2H3. The molecule has 1 aliphatic heterocycles. The molecule has 0 aliphatic carbocycles. The lowest BCUT2D eigenvalue weighted by Gasteiger charge is -2.35. The van der Waals surface area contributed by atoms with Gasteiger partial charge >= 0.3 is 0 Å². The molecule has 0 saturated carbocycles. The Morgan fingerprint density at radius 3 is 2.88 bits per heavy atom. The van der Waals surface area contributed by atoms with Gasteiger partial charge in [0.1, 0.15) is 0 Å². The zero-order valence-electron chi connectivity index (χ0n) is 10.7. The van der Waals surface area contributed by atoms with Crippen LogP contribution < -0.4 is 0 Å². The third-order valence-electron chi connectivity index (χ3n) is 3.88. The monoisotopic (exact) mass is 228 g/mol. The lowest BCUT2D eigenvalue weighted by molar-refractivity contribution is 0.132. The Bertz CT molecular complexity index is 419. The van der Waals surface area contributed by atoms with Crippen molar-refractivity contribution in [2.75, 3.05) is 13.1 Å². The molecular weight excluding hydrogens is 208 g/mol. The smallest absolute Gasteiger partial charge is 0.0991 e. The van der Waals surface area contributed by atoms with Gasteiger partial charge in [-0.05, 0) is 42.5 Å². The zero-order chi connectivity index (χ0) is 12.3. The Hall–Kier alpha value is -1.33. The summed E-state index contributed by atoms with van der Waals surface area (Å²) in [7, 11) is 0. The third kappa shape index (κ3) is 3.08. The molecule has 2 heteroatoms. The number of benzene rings is 1. The number of likely N-dealkylation sites (tertiary alicyclic amines) is 1. The van der Waals surface area contributed by atoms with Gasteiger partial charge in [0, 0.05) is 13.1 Å². The van der Waals surface area contributed by atoms with E-state index in [0.29, 0.717) is 0 Å². The molecule has 0 amide bonds. The van der Waals surface area contributed by atoms with Gasteiger partial charge in [-0.3, -0.25) is 4.90 Å². The van der Waals surface area contributed by atoms with Crippen molar-refractivity contribution in [1.29, 1.82) is 5.26 Å². The number of hydrogen-bond acceptors (Lipinski definition) is 2. The fourth-order valence-corrected chi connectivity index (χ4v) is 2.49. The average Bonchev–Trinajstić information content (AvgIpc) is 2.34. The highest BCUT2D eigenvalue weighted by molar-refractivity contribution is 5.32. The molecule has 0 spiro atoms. The number of rotatable bonds is 2. The summed E-state index contributed by atoms with van der Waals surface area (Å²) < 4.78 is 0. The van der Waals surface area contributed by atoms with Crippen molar-refractivity contribution in [3.63, 3.8) is 0 Å². The van der Waals surface area contributed by atoms with Crippen molar-refractivity contribution in [3.05, 3.63) is 35.4 Å². The minimum Gasteiger partial charge on any atom is -0.299 e. The molecular formula is C15H20N2. The molecule has 2 atom stereocenters. The van der Waals surface area contributed by atoms with E-state index >= 15 is 0 Å². The SMILES string of the molecule is CC1CCN(Cc2cccc(C#N)c2)CC1C. The maximum atomic E-state index is 8.88. The quantitative estimate of drug-likeness (QED) is 0.778. The fourth-order valence-electron chi connectivity index (χ4n) is 2.49. The van der Waals surface area contributed by atoms with Crippen molar-refractivity contribution in [1.82, 2.24) is 4.90 Å². The number of piperidine rings is 1. The summed E-state index contributed by atoms with van der Waals surface area (Å²) in [6, 6.07) is 10.2. The lowest BCUT2D eigenvalue weighted by atomic mass is 9.88. The van der Waals surface area contributed by atoms with Crippen LogP contribution in [-0.4, -0.2) is 18.0 Å². The van der Waals surface area contributed by atoms with Crippen molar-refractivity contribution in [3.8, 4) is 6.07 Å². The second-order valence-electron chi connectivity index (χ2n) is 5.29. The first-order valence-corrected chi connectivity index (χ1v) is 6.40. The predicted molar refractivity (Wildman–Crippen MR) is 69.4 cm³/mol. The Balaban J connectivity index is 1.99. The summed E-state index contributed by atoms with van der Waals surface area (Å²) in [5, 5.41) is 8.88. The molecule has 1 aromatic rings. The van der Waals surface area contributed by atoms with E-state index in [2.05, 4.69) is 30.9 Å². The molecule has 1 heterocycles. The van der Waals surface area contributed by atoms with Gasteiger partial charge in [0.25, 0.3) is 0 Å². The van der Waals surface area contributed by atoms with Gasteiger partial charge in [0.15, 0.2) is 0 Å². The molecule has 1 saturated heterocycles. The molecule has 17 heavy (non-hydrogen) atoms. The van der Waals surface area contributed by atoms with Crippen LogP contribution in [0, 0.1) is 23.2 Å². The highest BCUT2D eigenvalue weighted by atomic mass is 15.1. The molecule has 90 valence electrons. The molecule has 1 aromatic carbocycles. The maximum absolute atomic E-state index is 8.88. The zero-order valence-corrected chi connectivity index (χ0v) is 10.7. The molecule has 0 N–H and O–H groups in total. The Morgan fingerprint density at radius 2 is 2.18 bits per heavy atom. The van der Waals surface area contributed by atoms with Crippen LogP contribution in [0.2, 0.25) is 0 Å². The predicted octanol–water partition coefficient (Wildman–Crippen LogP) is 3.04. The van der Waals surface area contributed by atoms with Crippen LogP contribution in [0.15, 0.2) is 24.3 Å². The summed E-state index contributed by atoms with van der Waals surface area (Å²) in [5.41, 5.74) is 2.02. The van der Waals surface area contributed by atoms with Crippen LogP contribution in [0.3, 0.4) is 0 Å².